The molecule has 16 heavy (non-hydrogen) atoms. The Morgan fingerprint density at radius 1 is 1.50 bits per heavy atom. The average Bonchev–Trinajstić information content (AvgIpc) is 2.90. The lowest BCUT2D eigenvalue weighted by atomic mass is 9.86. The molecule has 0 aromatic heterocycles. The molecule has 2 nitrogen and oxygen atoms in total. The van der Waals surface area contributed by atoms with Gasteiger partial charge in [-0.2, -0.15) is 0 Å². The van der Waals surface area contributed by atoms with Gasteiger partial charge in [0.15, 0.2) is 0 Å². The van der Waals surface area contributed by atoms with E-state index in [9.17, 15) is 0 Å². The predicted octanol–water partition coefficient (Wildman–Crippen LogP) is 2.40. The fourth-order valence-electron chi connectivity index (χ4n) is 3.02. The van der Waals surface area contributed by atoms with Crippen molar-refractivity contribution in [1.82, 2.24) is 0 Å². The SMILES string of the molecule is C=C(C)N1CCC2(CC2N)c2ccccc21. The van der Waals surface area contributed by atoms with Crippen LogP contribution < -0.4 is 10.6 Å². The van der Waals surface area contributed by atoms with Crippen LogP contribution in [0.5, 0.6) is 0 Å². The lowest BCUT2D eigenvalue weighted by Crippen LogP contribution is -2.35. The molecule has 1 aliphatic carbocycles. The van der Waals surface area contributed by atoms with Crippen LogP contribution in [-0.2, 0) is 5.41 Å². The summed E-state index contributed by atoms with van der Waals surface area (Å²) in [6.07, 6.45) is 2.31. The number of anilines is 1. The molecule has 2 N–H and O–H groups in total. The number of hydrogen-bond acceptors (Lipinski definition) is 2. The Kier molecular flexibility index (Phi) is 1.93. The van der Waals surface area contributed by atoms with Crippen molar-refractivity contribution in [2.75, 3.05) is 11.4 Å². The van der Waals surface area contributed by atoms with Crippen LogP contribution in [0.3, 0.4) is 0 Å². The van der Waals surface area contributed by atoms with Crippen LogP contribution in [0.25, 0.3) is 0 Å². The summed E-state index contributed by atoms with van der Waals surface area (Å²) < 4.78 is 0. The second kappa shape index (κ2) is 3.11. The van der Waals surface area contributed by atoms with Gasteiger partial charge in [0.2, 0.25) is 0 Å². The molecular formula is C14H18N2. The third-order valence-electron chi connectivity index (χ3n) is 4.11. The maximum atomic E-state index is 6.13. The molecule has 1 fully saturated rings. The van der Waals surface area contributed by atoms with Crippen molar-refractivity contribution < 1.29 is 0 Å². The van der Waals surface area contributed by atoms with Crippen LogP contribution in [0.1, 0.15) is 25.3 Å². The summed E-state index contributed by atoms with van der Waals surface area (Å²) in [6.45, 7) is 7.19. The van der Waals surface area contributed by atoms with E-state index < -0.39 is 0 Å². The van der Waals surface area contributed by atoms with E-state index in [-0.39, 0.29) is 5.41 Å². The van der Waals surface area contributed by atoms with Gasteiger partial charge >= 0.3 is 0 Å². The Morgan fingerprint density at radius 2 is 2.19 bits per heavy atom. The molecule has 1 spiro atoms. The highest BCUT2D eigenvalue weighted by Crippen LogP contribution is 2.55. The van der Waals surface area contributed by atoms with Crippen LogP contribution in [0.4, 0.5) is 5.69 Å². The molecule has 2 unspecified atom stereocenters. The van der Waals surface area contributed by atoms with Crippen LogP contribution in [0.15, 0.2) is 36.5 Å². The maximum Gasteiger partial charge on any atom is 0.0446 e. The standard InChI is InChI=1S/C14H18N2/c1-10(2)16-8-7-14(9-13(14)15)11-5-3-4-6-12(11)16/h3-6,13H,1,7-9,15H2,2H3. The molecule has 2 aliphatic rings. The van der Waals surface area contributed by atoms with Crippen LogP contribution in [0, 0.1) is 0 Å². The molecule has 2 heteroatoms. The van der Waals surface area contributed by atoms with Crippen molar-refractivity contribution in [3.8, 4) is 0 Å². The number of rotatable bonds is 1. The second-order valence-electron chi connectivity index (χ2n) is 5.12. The first-order valence-electron chi connectivity index (χ1n) is 5.93. The van der Waals surface area contributed by atoms with E-state index in [2.05, 4.69) is 42.7 Å². The largest absolute Gasteiger partial charge is 0.346 e. The van der Waals surface area contributed by atoms with Gasteiger partial charge < -0.3 is 10.6 Å². The van der Waals surface area contributed by atoms with Gasteiger partial charge in [-0.3, -0.25) is 0 Å². The zero-order valence-electron chi connectivity index (χ0n) is 9.74. The molecule has 3 rings (SSSR count). The van der Waals surface area contributed by atoms with E-state index in [4.69, 9.17) is 5.73 Å². The second-order valence-corrected chi connectivity index (χ2v) is 5.12. The number of fused-ring (bicyclic) bond motifs is 2. The monoisotopic (exact) mass is 214 g/mol. The van der Waals surface area contributed by atoms with E-state index in [1.807, 2.05) is 0 Å². The molecule has 2 atom stereocenters. The molecule has 1 saturated carbocycles. The molecule has 1 aromatic rings. The van der Waals surface area contributed by atoms with Crippen molar-refractivity contribution in [3.05, 3.63) is 42.1 Å². The topological polar surface area (TPSA) is 29.3 Å². The van der Waals surface area contributed by atoms with Crippen molar-refractivity contribution in [2.24, 2.45) is 5.73 Å². The highest BCUT2D eigenvalue weighted by Gasteiger charge is 2.55. The lowest BCUT2D eigenvalue weighted by molar-refractivity contribution is 0.567. The van der Waals surface area contributed by atoms with Crippen molar-refractivity contribution in [2.45, 2.75) is 31.2 Å². The Hall–Kier alpha value is -1.28. The molecule has 1 aromatic carbocycles. The van der Waals surface area contributed by atoms with Gasteiger partial charge in [0, 0.05) is 29.4 Å². The minimum absolute atomic E-state index is 0.280. The summed E-state index contributed by atoms with van der Waals surface area (Å²) in [5.74, 6) is 0. The van der Waals surface area contributed by atoms with Crippen LogP contribution in [0.2, 0.25) is 0 Å². The fraction of sp³-hybridized carbons (Fsp3) is 0.429. The molecule has 1 aliphatic heterocycles. The van der Waals surface area contributed by atoms with E-state index >= 15 is 0 Å². The minimum Gasteiger partial charge on any atom is -0.346 e. The summed E-state index contributed by atoms with van der Waals surface area (Å²) in [5.41, 5.74) is 10.3. The zero-order valence-corrected chi connectivity index (χ0v) is 9.74. The van der Waals surface area contributed by atoms with Gasteiger partial charge in [-0.05, 0) is 31.4 Å². The van der Waals surface area contributed by atoms with Gasteiger partial charge in [-0.15, -0.1) is 0 Å². The third-order valence-corrected chi connectivity index (χ3v) is 4.11. The van der Waals surface area contributed by atoms with Crippen molar-refractivity contribution >= 4 is 5.69 Å². The summed E-state index contributed by atoms with van der Waals surface area (Å²) in [7, 11) is 0. The third kappa shape index (κ3) is 1.17. The van der Waals surface area contributed by atoms with Gasteiger partial charge in [-0.1, -0.05) is 24.8 Å². The number of benzene rings is 1. The first-order valence-corrected chi connectivity index (χ1v) is 5.93. The quantitative estimate of drug-likeness (QED) is 0.777. The van der Waals surface area contributed by atoms with E-state index in [1.54, 1.807) is 0 Å². The number of nitrogens with two attached hydrogens (primary N) is 1. The highest BCUT2D eigenvalue weighted by atomic mass is 15.2. The fourth-order valence-corrected chi connectivity index (χ4v) is 3.02. The van der Waals surface area contributed by atoms with Gasteiger partial charge in [0.1, 0.15) is 0 Å². The average molecular weight is 214 g/mol. The lowest BCUT2D eigenvalue weighted by Gasteiger charge is -2.36. The van der Waals surface area contributed by atoms with Gasteiger partial charge in [-0.25, -0.2) is 0 Å². The summed E-state index contributed by atoms with van der Waals surface area (Å²) in [5, 5.41) is 0. The molecule has 1 heterocycles. The van der Waals surface area contributed by atoms with E-state index in [0.29, 0.717) is 6.04 Å². The molecule has 84 valence electrons. The molecule has 0 amide bonds. The Balaban J connectivity index is 2.11. The van der Waals surface area contributed by atoms with E-state index in [0.717, 1.165) is 25.1 Å². The predicted molar refractivity (Wildman–Crippen MR) is 67.5 cm³/mol. The van der Waals surface area contributed by atoms with Crippen molar-refractivity contribution in [1.29, 1.82) is 0 Å². The maximum absolute atomic E-state index is 6.13. The smallest absolute Gasteiger partial charge is 0.0446 e. The molecule has 0 radical (unpaired) electrons. The summed E-state index contributed by atoms with van der Waals surface area (Å²) >= 11 is 0. The number of allylic oxidation sites excluding steroid dienone is 1. The summed E-state index contributed by atoms with van der Waals surface area (Å²) in [4.78, 5) is 2.31. The highest BCUT2D eigenvalue weighted by molar-refractivity contribution is 5.64. The molecular weight excluding hydrogens is 196 g/mol. The zero-order chi connectivity index (χ0) is 11.3. The first-order chi connectivity index (χ1) is 7.65. The molecule has 0 bridgehead atoms. The Labute approximate surface area is 96.7 Å². The van der Waals surface area contributed by atoms with Crippen LogP contribution in [-0.4, -0.2) is 12.6 Å². The first kappa shape index (κ1) is 9.91. The molecule has 0 saturated heterocycles. The van der Waals surface area contributed by atoms with Crippen molar-refractivity contribution in [3.63, 3.8) is 0 Å². The van der Waals surface area contributed by atoms with Gasteiger partial charge in [0.25, 0.3) is 0 Å². The Morgan fingerprint density at radius 3 is 2.81 bits per heavy atom. The van der Waals surface area contributed by atoms with Crippen LogP contribution >= 0.6 is 0 Å². The Bertz CT molecular complexity index is 452. The number of hydrogen-bond donors (Lipinski definition) is 1. The minimum atomic E-state index is 0.280. The normalized spacial score (nSPS) is 31.4. The number of nitrogens with zero attached hydrogens (tertiary/aromatic N) is 1. The van der Waals surface area contributed by atoms with Gasteiger partial charge in [0.05, 0.1) is 0 Å². The van der Waals surface area contributed by atoms with E-state index in [1.165, 1.54) is 11.3 Å². The summed E-state index contributed by atoms with van der Waals surface area (Å²) in [6, 6.07) is 9.00. The number of para-hydroxylation sites is 1.